The van der Waals surface area contributed by atoms with Crippen LogP contribution < -0.4 is 9.47 Å². The van der Waals surface area contributed by atoms with Gasteiger partial charge >= 0.3 is 0 Å². The molecule has 1 rings (SSSR count). The molecule has 0 spiro atoms. The van der Waals surface area contributed by atoms with Gasteiger partial charge in [0.2, 0.25) is 0 Å². The van der Waals surface area contributed by atoms with E-state index < -0.39 is 23.9 Å². The van der Waals surface area contributed by atoms with Crippen molar-refractivity contribution in [2.45, 2.75) is 43.7 Å². The van der Waals surface area contributed by atoms with Crippen molar-refractivity contribution in [3.8, 4) is 11.5 Å². The highest BCUT2D eigenvalue weighted by Crippen LogP contribution is 2.27. The third-order valence-corrected chi connectivity index (χ3v) is 4.97. The third kappa shape index (κ3) is 11.4. The lowest BCUT2D eigenvalue weighted by Gasteiger charge is -2.36. The molecule has 0 radical (unpaired) electrons. The number of ether oxygens (including phenoxy) is 8. The zero-order valence-electron chi connectivity index (χ0n) is 20.9. The van der Waals surface area contributed by atoms with Crippen LogP contribution in [-0.4, -0.2) is 84.4 Å². The Bertz CT molecular complexity index is 679. The fraction of sp³-hybridized carbons (Fsp3) is 0.600. The monoisotopic (exact) mass is 484 g/mol. The van der Waals surface area contributed by atoms with Gasteiger partial charge in [-0.2, -0.15) is 0 Å². The second kappa shape index (κ2) is 17.5. The van der Waals surface area contributed by atoms with E-state index in [-0.39, 0.29) is 27.0 Å². The summed E-state index contributed by atoms with van der Waals surface area (Å²) in [4.78, 5) is 0. The van der Waals surface area contributed by atoms with Gasteiger partial charge in [-0.3, -0.25) is 0 Å². The van der Waals surface area contributed by atoms with E-state index in [9.17, 15) is 5.11 Å². The molecule has 0 aromatic heterocycles. The highest BCUT2D eigenvalue weighted by atomic mass is 16.7. The maximum Gasteiger partial charge on any atom is 0.147 e. The maximum atomic E-state index is 10.2. The lowest BCUT2D eigenvalue weighted by atomic mass is 9.92. The molecule has 0 unspecified atom stereocenters. The molecule has 0 aliphatic carbocycles. The van der Waals surface area contributed by atoms with Crippen LogP contribution in [0.15, 0.2) is 49.1 Å². The molecule has 0 saturated carbocycles. The molecule has 0 saturated heterocycles. The molecule has 0 aliphatic rings. The minimum absolute atomic E-state index is 0.0250. The number of aliphatic hydroxyl groups excluding tert-OH is 1. The predicted octanol–water partition coefficient (Wildman–Crippen LogP) is 3.31. The zero-order chi connectivity index (χ0) is 25.2. The van der Waals surface area contributed by atoms with Gasteiger partial charge in [-0.25, -0.2) is 0 Å². The minimum Gasteiger partial charge on any atom is -0.497 e. The van der Waals surface area contributed by atoms with Crippen molar-refractivity contribution >= 4 is 0 Å². The first-order valence-corrected chi connectivity index (χ1v) is 11.0. The average Bonchev–Trinajstić information content (AvgIpc) is 2.85. The summed E-state index contributed by atoms with van der Waals surface area (Å²) in [6.45, 7) is 5.89. The summed E-state index contributed by atoms with van der Waals surface area (Å²) in [5, 5.41) is 10.2. The Morgan fingerprint density at radius 1 is 0.941 bits per heavy atom. The quantitative estimate of drug-likeness (QED) is 0.221. The summed E-state index contributed by atoms with van der Waals surface area (Å²) in [6.07, 6.45) is 4.21. The smallest absolute Gasteiger partial charge is 0.147 e. The zero-order valence-corrected chi connectivity index (χ0v) is 20.9. The number of rotatable bonds is 20. The highest BCUT2D eigenvalue weighted by molar-refractivity contribution is 5.31. The standard InChI is InChI=1S/C25H40O9/c1-7-8-20(26)13-14-25(2,34-19-29-5)24(33-18-28-4)15-23(32-17-27-3)16-31-22-11-9-21(30-6)10-12-22/h7,9-14,20,23-24,26H,1,8,15-19H2,2-6H3/b14-13+/t20-,23-,24-,25-/m1/s1. The first-order valence-electron chi connectivity index (χ1n) is 11.0. The first-order chi connectivity index (χ1) is 16.4. The van der Waals surface area contributed by atoms with E-state index >= 15 is 0 Å². The van der Waals surface area contributed by atoms with E-state index in [2.05, 4.69) is 6.58 Å². The number of methoxy groups -OCH3 is 4. The summed E-state index contributed by atoms with van der Waals surface area (Å²) in [5.74, 6) is 1.41. The van der Waals surface area contributed by atoms with Crippen LogP contribution in [0.3, 0.4) is 0 Å². The molecular formula is C25H40O9. The van der Waals surface area contributed by atoms with Crippen molar-refractivity contribution in [1.29, 1.82) is 0 Å². The van der Waals surface area contributed by atoms with Crippen LogP contribution in [0.1, 0.15) is 19.8 Å². The maximum absolute atomic E-state index is 10.2. The van der Waals surface area contributed by atoms with Crippen molar-refractivity contribution in [3.63, 3.8) is 0 Å². The van der Waals surface area contributed by atoms with Crippen LogP contribution in [0.25, 0.3) is 0 Å². The predicted molar refractivity (Wildman–Crippen MR) is 128 cm³/mol. The van der Waals surface area contributed by atoms with Crippen molar-refractivity contribution in [2.24, 2.45) is 0 Å². The summed E-state index contributed by atoms with van der Waals surface area (Å²) in [6, 6.07) is 7.28. The highest BCUT2D eigenvalue weighted by Gasteiger charge is 2.36. The van der Waals surface area contributed by atoms with Crippen LogP contribution in [0, 0.1) is 0 Å². The molecule has 34 heavy (non-hydrogen) atoms. The van der Waals surface area contributed by atoms with Gasteiger partial charge in [0.1, 0.15) is 44.1 Å². The third-order valence-electron chi connectivity index (χ3n) is 4.97. The number of hydrogen-bond donors (Lipinski definition) is 1. The van der Waals surface area contributed by atoms with Gasteiger partial charge in [0.05, 0.1) is 25.4 Å². The molecule has 194 valence electrons. The van der Waals surface area contributed by atoms with Crippen molar-refractivity contribution in [3.05, 3.63) is 49.1 Å². The Hall–Kier alpha value is -1.98. The van der Waals surface area contributed by atoms with Crippen molar-refractivity contribution < 1.29 is 43.0 Å². The number of aliphatic hydroxyl groups is 1. The topological polar surface area (TPSA) is 94.1 Å². The molecular weight excluding hydrogens is 444 g/mol. The molecule has 0 fully saturated rings. The van der Waals surface area contributed by atoms with Crippen LogP contribution in [0.5, 0.6) is 11.5 Å². The molecule has 9 heteroatoms. The Balaban J connectivity index is 3.05. The van der Waals surface area contributed by atoms with Gasteiger partial charge in [-0.15, -0.1) is 6.58 Å². The first kappa shape index (κ1) is 30.1. The number of hydrogen-bond acceptors (Lipinski definition) is 9. The van der Waals surface area contributed by atoms with E-state index in [0.29, 0.717) is 18.6 Å². The summed E-state index contributed by atoms with van der Waals surface area (Å²) in [7, 11) is 6.24. The fourth-order valence-corrected chi connectivity index (χ4v) is 3.05. The summed E-state index contributed by atoms with van der Waals surface area (Å²) in [5.41, 5.74) is -0.967. The minimum atomic E-state index is -0.967. The fourth-order valence-electron chi connectivity index (χ4n) is 3.05. The van der Waals surface area contributed by atoms with Crippen LogP contribution in [-0.2, 0) is 28.4 Å². The van der Waals surface area contributed by atoms with Gasteiger partial charge in [0.25, 0.3) is 0 Å². The Kier molecular flexibility index (Phi) is 15.4. The lowest BCUT2D eigenvalue weighted by molar-refractivity contribution is -0.197. The molecule has 0 heterocycles. The van der Waals surface area contributed by atoms with Gasteiger partial charge in [-0.05, 0) is 37.6 Å². The van der Waals surface area contributed by atoms with Crippen molar-refractivity contribution in [1.82, 2.24) is 0 Å². The number of benzene rings is 1. The Labute approximate surface area is 203 Å². The molecule has 1 aromatic carbocycles. The second-order valence-corrected chi connectivity index (χ2v) is 7.66. The molecule has 1 N–H and O–H groups in total. The molecule has 0 bridgehead atoms. The average molecular weight is 485 g/mol. The van der Waals surface area contributed by atoms with Gasteiger partial charge in [-0.1, -0.05) is 18.2 Å². The van der Waals surface area contributed by atoms with Crippen LogP contribution in [0.4, 0.5) is 0 Å². The molecule has 4 atom stereocenters. The van der Waals surface area contributed by atoms with Gasteiger partial charge in [0.15, 0.2) is 0 Å². The summed E-state index contributed by atoms with van der Waals surface area (Å²) < 4.78 is 44.4. The molecule has 0 aliphatic heterocycles. The van der Waals surface area contributed by atoms with E-state index in [1.807, 2.05) is 31.2 Å². The van der Waals surface area contributed by atoms with E-state index in [4.69, 9.17) is 37.9 Å². The van der Waals surface area contributed by atoms with E-state index in [0.717, 1.165) is 5.75 Å². The SMILES string of the molecule is C=CC[C@@H](O)/C=C/[C@@](C)(OCOC)[C@@H](C[C@H](COc1ccc(OC)cc1)OCOC)OCOC. The van der Waals surface area contributed by atoms with Crippen LogP contribution >= 0.6 is 0 Å². The molecule has 1 aromatic rings. The van der Waals surface area contributed by atoms with Crippen LogP contribution in [0.2, 0.25) is 0 Å². The van der Waals surface area contributed by atoms with Gasteiger partial charge < -0.3 is 43.0 Å². The Morgan fingerprint density at radius 2 is 1.56 bits per heavy atom. The van der Waals surface area contributed by atoms with Crippen molar-refractivity contribution in [2.75, 3.05) is 55.4 Å². The molecule has 0 amide bonds. The normalized spacial score (nSPS) is 16.1. The van der Waals surface area contributed by atoms with E-state index in [1.54, 1.807) is 39.6 Å². The van der Waals surface area contributed by atoms with E-state index in [1.165, 1.54) is 7.11 Å². The summed E-state index contributed by atoms with van der Waals surface area (Å²) >= 11 is 0. The Morgan fingerprint density at radius 3 is 2.15 bits per heavy atom. The second-order valence-electron chi connectivity index (χ2n) is 7.66. The lowest BCUT2D eigenvalue weighted by Crippen LogP contribution is -2.46. The molecule has 9 nitrogen and oxygen atoms in total. The van der Waals surface area contributed by atoms with Gasteiger partial charge in [0, 0.05) is 27.8 Å². The largest absolute Gasteiger partial charge is 0.497 e.